The van der Waals surface area contributed by atoms with Crippen LogP contribution in [0.15, 0.2) is 55.3 Å². The minimum Gasteiger partial charge on any atom is -0.342 e. The number of benzene rings is 1. The van der Waals surface area contributed by atoms with E-state index in [4.69, 9.17) is 11.6 Å². The average molecular weight is 424 g/mol. The largest absolute Gasteiger partial charge is 0.417 e. The van der Waals surface area contributed by atoms with E-state index in [1.807, 2.05) is 6.07 Å². The molecule has 1 aliphatic rings. The fraction of sp³-hybridized carbons (Fsp3) is 0.333. The van der Waals surface area contributed by atoms with Crippen LogP contribution >= 0.6 is 11.6 Å². The highest BCUT2D eigenvalue weighted by Crippen LogP contribution is 2.36. The molecule has 2 heterocycles. The number of hydrogen-bond donors (Lipinski definition) is 1. The molecule has 1 amide bonds. The number of pyridine rings is 1. The first-order valence-corrected chi connectivity index (χ1v) is 9.63. The Morgan fingerprint density at radius 1 is 1.34 bits per heavy atom. The van der Waals surface area contributed by atoms with Gasteiger partial charge in [-0.05, 0) is 43.7 Å². The van der Waals surface area contributed by atoms with Crippen LogP contribution in [-0.4, -0.2) is 34.9 Å². The minimum atomic E-state index is -4.64. The second-order valence-corrected chi connectivity index (χ2v) is 7.24. The summed E-state index contributed by atoms with van der Waals surface area (Å²) in [5, 5.41) is 2.27. The Hall–Kier alpha value is -2.38. The van der Waals surface area contributed by atoms with Crippen molar-refractivity contribution in [3.8, 4) is 0 Å². The topological polar surface area (TPSA) is 45.2 Å². The Morgan fingerprint density at radius 2 is 2.14 bits per heavy atom. The maximum absolute atomic E-state index is 13.2. The van der Waals surface area contributed by atoms with Crippen LogP contribution in [0.5, 0.6) is 0 Å². The molecule has 0 saturated carbocycles. The van der Waals surface area contributed by atoms with E-state index in [9.17, 15) is 18.0 Å². The van der Waals surface area contributed by atoms with E-state index in [-0.39, 0.29) is 11.6 Å². The van der Waals surface area contributed by atoms with Crippen molar-refractivity contribution in [1.82, 2.24) is 15.2 Å². The summed E-state index contributed by atoms with van der Waals surface area (Å²) in [6.07, 6.45) is 0.547. The molecule has 0 radical (unpaired) electrons. The Balaban J connectivity index is 1.93. The van der Waals surface area contributed by atoms with Crippen LogP contribution in [0.1, 0.15) is 40.5 Å². The molecule has 1 aromatic heterocycles. The lowest BCUT2D eigenvalue weighted by Gasteiger charge is -2.31. The number of hydrogen-bond acceptors (Lipinski definition) is 3. The number of nitrogens with one attached hydrogen (secondary N) is 1. The van der Waals surface area contributed by atoms with Gasteiger partial charge in [0.2, 0.25) is 0 Å². The predicted octanol–water partition coefficient (Wildman–Crippen LogP) is 4.88. The molecule has 1 aliphatic heterocycles. The molecule has 1 saturated heterocycles. The molecular formula is C21H21ClF3N3O. The molecule has 1 fully saturated rings. The summed E-state index contributed by atoms with van der Waals surface area (Å²) in [4.78, 5) is 19.5. The molecule has 2 unspecified atom stereocenters. The number of halogens is 4. The van der Waals surface area contributed by atoms with E-state index in [1.165, 1.54) is 12.1 Å². The predicted molar refractivity (Wildman–Crippen MR) is 106 cm³/mol. The van der Waals surface area contributed by atoms with Gasteiger partial charge in [0.05, 0.1) is 27.9 Å². The lowest BCUT2D eigenvalue weighted by atomic mass is 10.00. The number of likely N-dealkylation sites (tertiary alicyclic amines) is 1. The number of amides is 1. The normalized spacial score (nSPS) is 18.4. The second-order valence-electron chi connectivity index (χ2n) is 6.86. The monoisotopic (exact) mass is 423 g/mol. The number of carbonyl (C=O) groups is 1. The highest BCUT2D eigenvalue weighted by Gasteiger charge is 2.37. The quantitative estimate of drug-likeness (QED) is 0.674. The lowest BCUT2D eigenvalue weighted by Crippen LogP contribution is -2.43. The third-order valence-corrected chi connectivity index (χ3v) is 5.41. The van der Waals surface area contributed by atoms with Crippen molar-refractivity contribution in [2.24, 2.45) is 0 Å². The third kappa shape index (κ3) is 4.79. The molecule has 3 rings (SSSR count). The van der Waals surface area contributed by atoms with E-state index in [0.29, 0.717) is 12.2 Å². The van der Waals surface area contributed by atoms with Gasteiger partial charge in [-0.1, -0.05) is 29.8 Å². The van der Waals surface area contributed by atoms with E-state index < -0.39 is 28.7 Å². The summed E-state index contributed by atoms with van der Waals surface area (Å²) < 4.78 is 39.5. The van der Waals surface area contributed by atoms with Crippen LogP contribution in [0.3, 0.4) is 0 Å². The summed E-state index contributed by atoms with van der Waals surface area (Å²) in [5.74, 6) is -0.665. The SMILES string of the molecule is C=CCN1CCCC1C(NC(=O)c1cccc(C(F)(F)F)c1Cl)c1ccccn1. The Kier molecular flexibility index (Phi) is 6.59. The standard InChI is InChI=1S/C21H21ClF3N3O/c1-2-12-28-13-6-10-17(28)19(16-9-3-4-11-26-16)27-20(29)14-7-5-8-15(18(14)22)21(23,24)25/h2-5,7-9,11,17,19H,1,6,10,12-13H2,(H,27,29). The number of carbonyl (C=O) groups excluding carboxylic acids is 1. The van der Waals surface area contributed by atoms with Crippen molar-refractivity contribution in [1.29, 1.82) is 0 Å². The molecule has 0 aliphatic carbocycles. The zero-order chi connectivity index (χ0) is 21.0. The average Bonchev–Trinajstić information content (AvgIpc) is 3.14. The number of aromatic nitrogens is 1. The van der Waals surface area contributed by atoms with E-state index in [0.717, 1.165) is 25.5 Å². The summed E-state index contributed by atoms with van der Waals surface area (Å²) in [6.45, 7) is 5.27. The van der Waals surface area contributed by atoms with Crippen molar-refractivity contribution in [3.05, 3.63) is 77.1 Å². The third-order valence-electron chi connectivity index (χ3n) is 5.00. The maximum atomic E-state index is 13.2. The van der Waals surface area contributed by atoms with Gasteiger partial charge in [-0.3, -0.25) is 14.7 Å². The van der Waals surface area contributed by atoms with Gasteiger partial charge in [-0.15, -0.1) is 6.58 Å². The fourth-order valence-electron chi connectivity index (χ4n) is 3.69. The fourth-order valence-corrected chi connectivity index (χ4v) is 4.01. The van der Waals surface area contributed by atoms with Gasteiger partial charge in [0.15, 0.2) is 0 Å². The molecule has 2 aromatic rings. The van der Waals surface area contributed by atoms with E-state index in [2.05, 4.69) is 21.8 Å². The summed E-state index contributed by atoms with van der Waals surface area (Å²) in [6, 6.07) is 8.17. The first-order chi connectivity index (χ1) is 13.8. The van der Waals surface area contributed by atoms with Crippen LogP contribution in [0.25, 0.3) is 0 Å². The summed E-state index contributed by atoms with van der Waals surface area (Å²) >= 11 is 5.94. The van der Waals surface area contributed by atoms with Crippen molar-refractivity contribution in [3.63, 3.8) is 0 Å². The van der Waals surface area contributed by atoms with Crippen LogP contribution < -0.4 is 5.32 Å². The smallest absolute Gasteiger partial charge is 0.342 e. The molecule has 1 aromatic carbocycles. The van der Waals surface area contributed by atoms with Gasteiger partial charge in [-0.2, -0.15) is 13.2 Å². The highest BCUT2D eigenvalue weighted by molar-refractivity contribution is 6.34. The van der Waals surface area contributed by atoms with Crippen molar-refractivity contribution >= 4 is 17.5 Å². The second kappa shape index (κ2) is 8.97. The van der Waals surface area contributed by atoms with Gasteiger partial charge >= 0.3 is 6.18 Å². The van der Waals surface area contributed by atoms with Crippen LogP contribution in [0, 0.1) is 0 Å². The highest BCUT2D eigenvalue weighted by atomic mass is 35.5. The molecule has 0 bridgehead atoms. The van der Waals surface area contributed by atoms with E-state index in [1.54, 1.807) is 24.4 Å². The van der Waals surface area contributed by atoms with Crippen molar-refractivity contribution in [2.75, 3.05) is 13.1 Å². The molecule has 2 atom stereocenters. The molecule has 1 N–H and O–H groups in total. The Morgan fingerprint density at radius 3 is 2.79 bits per heavy atom. The Bertz CT molecular complexity index is 873. The number of alkyl halides is 3. The first-order valence-electron chi connectivity index (χ1n) is 9.25. The van der Waals surface area contributed by atoms with Gasteiger partial charge in [0.1, 0.15) is 0 Å². The van der Waals surface area contributed by atoms with Crippen LogP contribution in [-0.2, 0) is 6.18 Å². The molecule has 4 nitrogen and oxygen atoms in total. The minimum absolute atomic E-state index is 0.0450. The first kappa shape index (κ1) is 21.3. The molecular weight excluding hydrogens is 403 g/mol. The van der Waals surface area contributed by atoms with Gasteiger partial charge in [0, 0.05) is 18.8 Å². The zero-order valence-corrected chi connectivity index (χ0v) is 16.4. The summed E-state index contributed by atoms with van der Waals surface area (Å²) in [7, 11) is 0. The van der Waals surface area contributed by atoms with Crippen molar-refractivity contribution < 1.29 is 18.0 Å². The molecule has 29 heavy (non-hydrogen) atoms. The Labute approximate surface area is 172 Å². The van der Waals surface area contributed by atoms with Crippen LogP contribution in [0.2, 0.25) is 5.02 Å². The maximum Gasteiger partial charge on any atom is 0.417 e. The zero-order valence-electron chi connectivity index (χ0n) is 15.6. The molecule has 0 spiro atoms. The lowest BCUT2D eigenvalue weighted by molar-refractivity contribution is -0.137. The van der Waals surface area contributed by atoms with Crippen LogP contribution in [0.4, 0.5) is 13.2 Å². The molecule has 8 heteroatoms. The molecule has 154 valence electrons. The van der Waals surface area contributed by atoms with Crippen molar-refractivity contribution in [2.45, 2.75) is 31.1 Å². The van der Waals surface area contributed by atoms with Gasteiger partial charge in [-0.25, -0.2) is 0 Å². The van der Waals surface area contributed by atoms with E-state index >= 15 is 0 Å². The van der Waals surface area contributed by atoms with Gasteiger partial charge < -0.3 is 5.32 Å². The summed E-state index contributed by atoms with van der Waals surface area (Å²) in [5.41, 5.74) is -0.601. The number of rotatable bonds is 6. The number of nitrogens with zero attached hydrogens (tertiary/aromatic N) is 2. The van der Waals surface area contributed by atoms with Gasteiger partial charge in [0.25, 0.3) is 5.91 Å².